The minimum Gasteiger partial charge on any atom is -0.493 e. The molecule has 2 N–H and O–H groups in total. The maximum absolute atomic E-state index is 11.7. The van der Waals surface area contributed by atoms with E-state index in [9.17, 15) is 9.59 Å². The number of aliphatic carboxylic acids is 1. The fourth-order valence-electron chi connectivity index (χ4n) is 1.75. The highest BCUT2D eigenvalue weighted by Gasteiger charge is 2.23. The number of amides is 1. The van der Waals surface area contributed by atoms with Gasteiger partial charge in [-0.05, 0) is 18.1 Å². The largest absolute Gasteiger partial charge is 0.493 e. The fraction of sp³-hybridized carbons (Fsp3) is 0.467. The molecule has 0 spiro atoms. The van der Waals surface area contributed by atoms with Crippen LogP contribution >= 0.6 is 0 Å². The lowest BCUT2D eigenvalue weighted by molar-refractivity contribution is -0.143. The Hall–Kier alpha value is -2.24. The van der Waals surface area contributed by atoms with Crippen LogP contribution in [0.1, 0.15) is 20.3 Å². The average Bonchev–Trinajstić information content (AvgIpc) is 2.44. The van der Waals surface area contributed by atoms with Crippen molar-refractivity contribution in [2.45, 2.75) is 26.3 Å². The van der Waals surface area contributed by atoms with Gasteiger partial charge in [0.25, 0.3) is 0 Å². The molecule has 0 bridgehead atoms. The average molecular weight is 295 g/mol. The van der Waals surface area contributed by atoms with Crippen molar-refractivity contribution in [3.05, 3.63) is 24.3 Å². The van der Waals surface area contributed by atoms with Gasteiger partial charge >= 0.3 is 5.97 Å². The fourth-order valence-corrected chi connectivity index (χ4v) is 1.75. The number of rotatable bonds is 8. The van der Waals surface area contributed by atoms with Gasteiger partial charge in [-0.3, -0.25) is 4.79 Å². The zero-order chi connectivity index (χ0) is 15.8. The molecule has 0 heterocycles. The van der Waals surface area contributed by atoms with Crippen LogP contribution in [0, 0.1) is 5.92 Å². The predicted molar refractivity (Wildman–Crippen MR) is 77.5 cm³/mol. The third kappa shape index (κ3) is 5.33. The van der Waals surface area contributed by atoms with Crippen LogP contribution in [0.15, 0.2) is 24.3 Å². The van der Waals surface area contributed by atoms with Gasteiger partial charge in [-0.15, -0.1) is 0 Å². The van der Waals surface area contributed by atoms with Crippen molar-refractivity contribution in [2.75, 3.05) is 13.7 Å². The second-order valence-corrected chi connectivity index (χ2v) is 4.88. The Morgan fingerprint density at radius 2 is 1.86 bits per heavy atom. The second-order valence-electron chi connectivity index (χ2n) is 4.88. The van der Waals surface area contributed by atoms with Gasteiger partial charge in [0.05, 0.1) is 20.1 Å². The zero-order valence-electron chi connectivity index (χ0n) is 12.5. The first kappa shape index (κ1) is 16.8. The first-order valence-electron chi connectivity index (χ1n) is 6.73. The normalized spacial score (nSPS) is 11.8. The second kappa shape index (κ2) is 8.14. The predicted octanol–water partition coefficient (Wildman–Crippen LogP) is 1.69. The SMILES string of the molecule is COc1ccccc1OCCC(=O)N[C@H](C(=O)O)C(C)C. The number of carbonyl (C=O) groups excluding carboxylic acids is 1. The van der Waals surface area contributed by atoms with Crippen LogP contribution in [-0.4, -0.2) is 36.7 Å². The Bertz CT molecular complexity index is 487. The maximum atomic E-state index is 11.7. The Kier molecular flexibility index (Phi) is 6.52. The standard InChI is InChI=1S/C15H21NO5/c1-10(2)14(15(18)19)16-13(17)8-9-21-12-7-5-4-6-11(12)20-3/h4-7,10,14H,8-9H2,1-3H3,(H,16,17)(H,18,19)/t14-/m0/s1. The third-order valence-corrected chi connectivity index (χ3v) is 2.90. The quantitative estimate of drug-likeness (QED) is 0.762. The molecule has 0 unspecified atom stereocenters. The molecule has 0 aromatic heterocycles. The summed E-state index contributed by atoms with van der Waals surface area (Å²) < 4.78 is 10.6. The monoisotopic (exact) mass is 295 g/mol. The van der Waals surface area contributed by atoms with Crippen molar-refractivity contribution in [3.63, 3.8) is 0 Å². The van der Waals surface area contributed by atoms with E-state index in [2.05, 4.69) is 5.32 Å². The molecule has 116 valence electrons. The molecule has 0 saturated heterocycles. The summed E-state index contributed by atoms with van der Waals surface area (Å²) in [5.41, 5.74) is 0. The van der Waals surface area contributed by atoms with Crippen LogP contribution in [0.5, 0.6) is 11.5 Å². The zero-order valence-corrected chi connectivity index (χ0v) is 12.5. The molecule has 0 aliphatic carbocycles. The van der Waals surface area contributed by atoms with E-state index in [0.29, 0.717) is 11.5 Å². The first-order valence-corrected chi connectivity index (χ1v) is 6.73. The summed E-state index contributed by atoms with van der Waals surface area (Å²) in [7, 11) is 1.54. The lowest BCUT2D eigenvalue weighted by atomic mass is 10.0. The molecule has 1 rings (SSSR count). The van der Waals surface area contributed by atoms with Crippen molar-refractivity contribution in [2.24, 2.45) is 5.92 Å². The summed E-state index contributed by atoms with van der Waals surface area (Å²) in [6.45, 7) is 3.63. The molecule has 1 aromatic carbocycles. The molecule has 0 radical (unpaired) electrons. The Morgan fingerprint density at radius 3 is 2.38 bits per heavy atom. The molecule has 6 nitrogen and oxygen atoms in total. The van der Waals surface area contributed by atoms with Gasteiger partial charge in [0.2, 0.25) is 5.91 Å². The summed E-state index contributed by atoms with van der Waals surface area (Å²) >= 11 is 0. The molecule has 0 fully saturated rings. The van der Waals surface area contributed by atoms with Crippen LogP contribution in [0.25, 0.3) is 0 Å². The highest BCUT2D eigenvalue weighted by Crippen LogP contribution is 2.25. The molecule has 1 atom stereocenters. The van der Waals surface area contributed by atoms with Crippen molar-refractivity contribution in [1.82, 2.24) is 5.32 Å². The van der Waals surface area contributed by atoms with Crippen LogP contribution in [0.3, 0.4) is 0 Å². The van der Waals surface area contributed by atoms with E-state index in [1.807, 2.05) is 6.07 Å². The Morgan fingerprint density at radius 1 is 1.24 bits per heavy atom. The molecule has 6 heteroatoms. The molecule has 0 aliphatic heterocycles. The number of benzene rings is 1. The van der Waals surface area contributed by atoms with Crippen molar-refractivity contribution >= 4 is 11.9 Å². The van der Waals surface area contributed by atoms with Crippen molar-refractivity contribution in [1.29, 1.82) is 0 Å². The number of carboxylic acids is 1. The van der Waals surface area contributed by atoms with Gasteiger partial charge < -0.3 is 19.9 Å². The molecule has 1 aromatic rings. The molecule has 0 aliphatic rings. The van der Waals surface area contributed by atoms with E-state index in [1.165, 1.54) is 7.11 Å². The molecule has 0 saturated carbocycles. The number of carbonyl (C=O) groups is 2. The number of methoxy groups -OCH3 is 1. The smallest absolute Gasteiger partial charge is 0.326 e. The van der Waals surface area contributed by atoms with Gasteiger partial charge in [-0.2, -0.15) is 0 Å². The highest BCUT2D eigenvalue weighted by atomic mass is 16.5. The van der Waals surface area contributed by atoms with E-state index in [4.69, 9.17) is 14.6 Å². The van der Waals surface area contributed by atoms with Gasteiger partial charge in [-0.25, -0.2) is 4.79 Å². The number of hydrogen-bond acceptors (Lipinski definition) is 4. The van der Waals surface area contributed by atoms with E-state index in [1.54, 1.807) is 32.0 Å². The first-order chi connectivity index (χ1) is 9.95. The minimum absolute atomic E-state index is 0.0779. The minimum atomic E-state index is -1.04. The summed E-state index contributed by atoms with van der Waals surface area (Å²) in [5.74, 6) is -0.438. The van der Waals surface area contributed by atoms with Gasteiger partial charge in [-0.1, -0.05) is 26.0 Å². The van der Waals surface area contributed by atoms with Crippen molar-refractivity contribution < 1.29 is 24.2 Å². The Labute approximate surface area is 124 Å². The number of hydrogen-bond donors (Lipinski definition) is 2. The van der Waals surface area contributed by atoms with Crippen LogP contribution < -0.4 is 14.8 Å². The van der Waals surface area contributed by atoms with Gasteiger partial charge in [0, 0.05) is 0 Å². The third-order valence-electron chi connectivity index (χ3n) is 2.90. The highest BCUT2D eigenvalue weighted by molar-refractivity contribution is 5.83. The number of carboxylic acid groups (broad SMARTS) is 1. The van der Waals surface area contributed by atoms with Crippen LogP contribution in [-0.2, 0) is 9.59 Å². The molecule has 21 heavy (non-hydrogen) atoms. The van der Waals surface area contributed by atoms with Crippen LogP contribution in [0.4, 0.5) is 0 Å². The summed E-state index contributed by atoms with van der Waals surface area (Å²) in [6, 6.07) is 6.23. The Balaban J connectivity index is 2.45. The number of ether oxygens (including phenoxy) is 2. The number of para-hydroxylation sites is 2. The lowest BCUT2D eigenvalue weighted by Gasteiger charge is -2.18. The lowest BCUT2D eigenvalue weighted by Crippen LogP contribution is -2.44. The van der Waals surface area contributed by atoms with E-state index < -0.39 is 12.0 Å². The topological polar surface area (TPSA) is 84.9 Å². The summed E-state index contributed by atoms with van der Waals surface area (Å²) in [6.07, 6.45) is 0.0779. The summed E-state index contributed by atoms with van der Waals surface area (Å²) in [4.78, 5) is 22.7. The van der Waals surface area contributed by atoms with Gasteiger partial charge in [0.1, 0.15) is 6.04 Å². The molecular formula is C15H21NO5. The number of nitrogens with one attached hydrogen (secondary N) is 1. The van der Waals surface area contributed by atoms with E-state index >= 15 is 0 Å². The van der Waals surface area contributed by atoms with E-state index in [-0.39, 0.29) is 24.9 Å². The van der Waals surface area contributed by atoms with Gasteiger partial charge in [0.15, 0.2) is 11.5 Å². The van der Waals surface area contributed by atoms with E-state index in [0.717, 1.165) is 0 Å². The van der Waals surface area contributed by atoms with Crippen LogP contribution in [0.2, 0.25) is 0 Å². The molecular weight excluding hydrogens is 274 g/mol. The maximum Gasteiger partial charge on any atom is 0.326 e. The summed E-state index contributed by atoms with van der Waals surface area (Å²) in [5, 5.41) is 11.5. The van der Waals surface area contributed by atoms with Crippen molar-refractivity contribution in [3.8, 4) is 11.5 Å². The molecule has 1 amide bonds.